The Hall–Kier alpha value is -3.14. The molecular formula is C27H30BrN3O5. The minimum atomic E-state index is -0.884. The third-order valence-electron chi connectivity index (χ3n) is 6.26. The lowest BCUT2D eigenvalue weighted by molar-refractivity contribution is -0.129. The summed E-state index contributed by atoms with van der Waals surface area (Å²) in [6.45, 7) is 2.31. The predicted molar refractivity (Wildman–Crippen MR) is 142 cm³/mol. The van der Waals surface area contributed by atoms with Gasteiger partial charge in [-0.05, 0) is 47.5 Å². The fraction of sp³-hybridized carbons (Fsp3) is 0.333. The molecule has 4 rings (SSSR count). The minimum Gasteiger partial charge on any atom is -0.496 e. The highest BCUT2D eigenvalue weighted by Crippen LogP contribution is 2.36. The number of benzene rings is 3. The Balaban J connectivity index is 1.70. The van der Waals surface area contributed by atoms with Gasteiger partial charge in [0.1, 0.15) is 24.1 Å². The summed E-state index contributed by atoms with van der Waals surface area (Å²) in [5.41, 5.74) is 1.48. The first-order valence-electron chi connectivity index (χ1n) is 11.9. The van der Waals surface area contributed by atoms with Crippen LogP contribution in [0.4, 0.5) is 5.69 Å². The van der Waals surface area contributed by atoms with Crippen molar-refractivity contribution >= 4 is 44.2 Å². The summed E-state index contributed by atoms with van der Waals surface area (Å²) in [6, 6.07) is 15.8. The summed E-state index contributed by atoms with van der Waals surface area (Å²) in [4.78, 5) is 28.5. The molecule has 9 heteroatoms. The van der Waals surface area contributed by atoms with E-state index in [1.807, 2.05) is 61.5 Å². The maximum Gasteiger partial charge on any atom is 0.253 e. The number of nitrogens with zero attached hydrogens (tertiary/aromatic N) is 1. The molecule has 3 N–H and O–H groups in total. The van der Waals surface area contributed by atoms with Crippen LogP contribution in [0, 0.1) is 0 Å². The van der Waals surface area contributed by atoms with Gasteiger partial charge >= 0.3 is 0 Å². The van der Waals surface area contributed by atoms with Gasteiger partial charge in [-0.25, -0.2) is 0 Å². The molecule has 1 aliphatic heterocycles. The molecular weight excluding hydrogens is 526 g/mol. The molecule has 0 saturated carbocycles. The summed E-state index contributed by atoms with van der Waals surface area (Å²) >= 11 is 3.52. The number of amides is 2. The highest BCUT2D eigenvalue weighted by atomic mass is 79.9. The van der Waals surface area contributed by atoms with Crippen LogP contribution in [-0.2, 0) is 16.1 Å². The van der Waals surface area contributed by atoms with Crippen molar-refractivity contribution in [3.63, 3.8) is 0 Å². The summed E-state index contributed by atoms with van der Waals surface area (Å²) in [5, 5.41) is 16.9. The number of ether oxygens (including phenoxy) is 2. The van der Waals surface area contributed by atoms with Crippen molar-refractivity contribution < 1.29 is 24.2 Å². The zero-order chi connectivity index (χ0) is 25.7. The van der Waals surface area contributed by atoms with Gasteiger partial charge in [0.25, 0.3) is 5.91 Å². The molecule has 190 valence electrons. The lowest BCUT2D eigenvalue weighted by Crippen LogP contribution is -2.55. The van der Waals surface area contributed by atoms with E-state index in [0.29, 0.717) is 23.6 Å². The molecule has 0 unspecified atom stereocenters. The minimum absolute atomic E-state index is 0.00808. The van der Waals surface area contributed by atoms with Gasteiger partial charge < -0.3 is 30.1 Å². The first-order valence-corrected chi connectivity index (χ1v) is 12.7. The zero-order valence-corrected chi connectivity index (χ0v) is 21.9. The molecule has 0 radical (unpaired) electrons. The van der Waals surface area contributed by atoms with Crippen LogP contribution in [0.3, 0.4) is 0 Å². The zero-order valence-electron chi connectivity index (χ0n) is 20.3. The molecule has 36 heavy (non-hydrogen) atoms. The van der Waals surface area contributed by atoms with Gasteiger partial charge in [0.2, 0.25) is 5.91 Å². The molecule has 0 aromatic heterocycles. The predicted octanol–water partition coefficient (Wildman–Crippen LogP) is 3.38. The van der Waals surface area contributed by atoms with Gasteiger partial charge in [-0.15, -0.1) is 0 Å². The van der Waals surface area contributed by atoms with E-state index in [2.05, 4.69) is 26.6 Å². The number of aliphatic hydroxyl groups is 1. The average Bonchev–Trinajstić information content (AvgIpc) is 3.01. The number of nitrogens with one attached hydrogen (secondary N) is 2. The number of fused-ring (bicyclic) bond motifs is 2. The Kier molecular flexibility index (Phi) is 8.45. The number of hydrogen-bond donors (Lipinski definition) is 3. The summed E-state index contributed by atoms with van der Waals surface area (Å²) in [5.74, 6) is 0.642. The van der Waals surface area contributed by atoms with Gasteiger partial charge in [0.05, 0.1) is 32.0 Å². The van der Waals surface area contributed by atoms with E-state index in [1.165, 1.54) is 0 Å². The van der Waals surface area contributed by atoms with Crippen LogP contribution in [-0.4, -0.2) is 55.9 Å². The van der Waals surface area contributed by atoms with Crippen LogP contribution in [0.2, 0.25) is 0 Å². The molecule has 3 aromatic carbocycles. The van der Waals surface area contributed by atoms with Crippen LogP contribution in [0.1, 0.15) is 18.9 Å². The highest BCUT2D eigenvalue weighted by molar-refractivity contribution is 9.10. The molecule has 1 aliphatic rings. The van der Waals surface area contributed by atoms with E-state index in [0.717, 1.165) is 20.8 Å². The fourth-order valence-electron chi connectivity index (χ4n) is 4.41. The Labute approximate surface area is 218 Å². The number of methoxy groups -OCH3 is 1. The molecule has 8 nitrogen and oxygen atoms in total. The van der Waals surface area contributed by atoms with Crippen molar-refractivity contribution in [2.75, 3.05) is 31.8 Å². The van der Waals surface area contributed by atoms with E-state index in [9.17, 15) is 9.59 Å². The first kappa shape index (κ1) is 25.9. The lowest BCUT2D eigenvalue weighted by Gasteiger charge is -2.27. The van der Waals surface area contributed by atoms with Crippen molar-refractivity contribution in [2.24, 2.45) is 0 Å². The van der Waals surface area contributed by atoms with E-state index in [1.54, 1.807) is 12.0 Å². The number of anilines is 1. The number of carbonyl (C=O) groups excluding carboxylic acids is 2. The van der Waals surface area contributed by atoms with Crippen LogP contribution in [0.25, 0.3) is 10.8 Å². The molecule has 2 atom stereocenters. The topological polar surface area (TPSA) is 100 Å². The van der Waals surface area contributed by atoms with Gasteiger partial charge in [-0.1, -0.05) is 47.1 Å². The van der Waals surface area contributed by atoms with E-state index < -0.39 is 12.1 Å². The number of carbonyl (C=O) groups is 2. The van der Waals surface area contributed by atoms with Crippen molar-refractivity contribution in [2.45, 2.75) is 32.0 Å². The second kappa shape index (κ2) is 11.7. The normalized spacial score (nSPS) is 16.2. The summed E-state index contributed by atoms with van der Waals surface area (Å²) < 4.78 is 12.6. The van der Waals surface area contributed by atoms with Crippen LogP contribution in [0.5, 0.6) is 11.5 Å². The molecule has 0 fully saturated rings. The summed E-state index contributed by atoms with van der Waals surface area (Å²) in [7, 11) is 1.61. The highest BCUT2D eigenvalue weighted by Gasteiger charge is 2.34. The smallest absolute Gasteiger partial charge is 0.253 e. The van der Waals surface area contributed by atoms with Crippen molar-refractivity contribution in [3.05, 3.63) is 64.6 Å². The molecule has 3 aromatic rings. The number of rotatable bonds is 9. The molecule has 0 saturated heterocycles. The van der Waals surface area contributed by atoms with Crippen molar-refractivity contribution in [1.29, 1.82) is 0 Å². The SMILES string of the molecule is CC[C@H](NCCO)C(=O)N[C@H]1COc2ccccc2N(Cc2c(OC)ccc3cc(Br)ccc23)C1=O. The third kappa shape index (κ3) is 5.48. The largest absolute Gasteiger partial charge is 0.496 e. The molecule has 0 aliphatic carbocycles. The third-order valence-corrected chi connectivity index (χ3v) is 6.75. The molecule has 1 heterocycles. The van der Waals surface area contributed by atoms with Crippen molar-refractivity contribution in [1.82, 2.24) is 10.6 Å². The van der Waals surface area contributed by atoms with Crippen molar-refractivity contribution in [3.8, 4) is 11.5 Å². The monoisotopic (exact) mass is 555 g/mol. The fourth-order valence-corrected chi connectivity index (χ4v) is 4.79. The van der Waals surface area contributed by atoms with Gasteiger partial charge in [0, 0.05) is 16.6 Å². The molecule has 0 bridgehead atoms. The van der Waals surface area contributed by atoms with E-state index in [4.69, 9.17) is 14.6 Å². The number of halogens is 1. The van der Waals surface area contributed by atoms with Crippen LogP contribution in [0.15, 0.2) is 59.1 Å². The molecule has 0 spiro atoms. The second-order valence-electron chi connectivity index (χ2n) is 8.51. The first-order chi connectivity index (χ1) is 17.5. The number of hydrogen-bond acceptors (Lipinski definition) is 6. The number of aliphatic hydroxyl groups excluding tert-OH is 1. The Morgan fingerprint density at radius 1 is 1.25 bits per heavy atom. The molecule has 2 amide bonds. The maximum atomic E-state index is 13.9. The Bertz CT molecular complexity index is 1250. The van der Waals surface area contributed by atoms with Gasteiger partial charge in [-0.2, -0.15) is 0 Å². The van der Waals surface area contributed by atoms with E-state index in [-0.39, 0.29) is 38.1 Å². The van der Waals surface area contributed by atoms with Gasteiger partial charge in [0.15, 0.2) is 0 Å². The lowest BCUT2D eigenvalue weighted by atomic mass is 10.0. The second-order valence-corrected chi connectivity index (χ2v) is 9.43. The Morgan fingerprint density at radius 2 is 2.06 bits per heavy atom. The summed E-state index contributed by atoms with van der Waals surface area (Å²) in [6.07, 6.45) is 0.514. The standard InChI is InChI=1S/C27H30BrN3O5/c1-3-21(29-12-13-32)26(33)30-22-16-36-25-7-5-4-6-23(25)31(27(22)34)15-20-19-10-9-18(28)14-17(19)8-11-24(20)35-2/h4-11,14,21-22,29,32H,3,12-13,15-16H2,1-2H3,(H,30,33)/t21-,22-/m0/s1. The van der Waals surface area contributed by atoms with Crippen LogP contribution >= 0.6 is 15.9 Å². The van der Waals surface area contributed by atoms with Crippen LogP contribution < -0.4 is 25.0 Å². The van der Waals surface area contributed by atoms with Gasteiger partial charge in [-0.3, -0.25) is 9.59 Å². The van der Waals surface area contributed by atoms with E-state index >= 15 is 0 Å². The maximum absolute atomic E-state index is 13.9. The Morgan fingerprint density at radius 3 is 2.81 bits per heavy atom. The number of para-hydroxylation sites is 2. The average molecular weight is 556 g/mol. The quantitative estimate of drug-likeness (QED) is 0.374.